The summed E-state index contributed by atoms with van der Waals surface area (Å²) in [5.41, 5.74) is 2.09. The van der Waals surface area contributed by atoms with Crippen molar-refractivity contribution < 1.29 is 18.4 Å². The molecule has 1 aliphatic heterocycles. The Kier molecular flexibility index (Phi) is 7.17. The van der Waals surface area contributed by atoms with Crippen LogP contribution >= 0.6 is 0 Å². The molecule has 3 rings (SSSR count). The van der Waals surface area contributed by atoms with E-state index in [9.17, 15) is 18.4 Å². The Balaban J connectivity index is 1.77. The fourth-order valence-corrected chi connectivity index (χ4v) is 3.78. The van der Waals surface area contributed by atoms with E-state index < -0.39 is 17.7 Å². The lowest BCUT2D eigenvalue weighted by Gasteiger charge is -2.24. The summed E-state index contributed by atoms with van der Waals surface area (Å²) in [7, 11) is 1.68. The molecule has 1 heterocycles. The molecule has 0 spiro atoms. The number of carbonyl (C=O) groups is 2. The molecule has 1 aliphatic rings. The number of para-hydroxylation sites is 1. The summed E-state index contributed by atoms with van der Waals surface area (Å²) < 4.78 is 28.1. The monoisotopic (exact) mass is 427 g/mol. The number of fused-ring (bicyclic) bond motifs is 1. The van der Waals surface area contributed by atoms with Gasteiger partial charge in [0.05, 0.1) is 0 Å². The van der Waals surface area contributed by atoms with E-state index in [0.29, 0.717) is 13.1 Å². The minimum atomic E-state index is -0.495. The fourth-order valence-electron chi connectivity index (χ4n) is 3.78. The zero-order valence-corrected chi connectivity index (χ0v) is 17.8. The molecule has 2 aromatic carbocycles. The van der Waals surface area contributed by atoms with Gasteiger partial charge < -0.3 is 15.1 Å². The van der Waals surface area contributed by atoms with Crippen LogP contribution in [0, 0.1) is 18.6 Å². The summed E-state index contributed by atoms with van der Waals surface area (Å²) in [6, 6.07) is 9.42. The number of hydrogen-bond acceptors (Lipinski definition) is 3. The average molecular weight is 427 g/mol. The average Bonchev–Trinajstić information content (AvgIpc) is 2.88. The van der Waals surface area contributed by atoms with Gasteiger partial charge in [-0.3, -0.25) is 9.59 Å². The van der Waals surface area contributed by atoms with Gasteiger partial charge in [-0.15, -0.1) is 6.58 Å². The maximum Gasteiger partial charge on any atom is 0.246 e. The van der Waals surface area contributed by atoms with Crippen LogP contribution in [0.1, 0.15) is 23.1 Å². The van der Waals surface area contributed by atoms with Crippen LogP contribution in [0.2, 0.25) is 0 Å². The second kappa shape index (κ2) is 9.83. The smallest absolute Gasteiger partial charge is 0.246 e. The van der Waals surface area contributed by atoms with Gasteiger partial charge in [0, 0.05) is 31.2 Å². The second-order valence-electron chi connectivity index (χ2n) is 7.76. The third kappa shape index (κ3) is 5.17. The molecule has 7 heteroatoms. The van der Waals surface area contributed by atoms with Gasteiger partial charge >= 0.3 is 0 Å². The molecule has 0 aliphatic carbocycles. The molecule has 0 radical (unpaired) electrons. The highest BCUT2D eigenvalue weighted by Crippen LogP contribution is 2.26. The van der Waals surface area contributed by atoms with Crippen LogP contribution in [0.3, 0.4) is 0 Å². The molecule has 1 atom stereocenters. The van der Waals surface area contributed by atoms with Crippen molar-refractivity contribution in [3.8, 4) is 0 Å². The first-order chi connectivity index (χ1) is 14.8. The lowest BCUT2D eigenvalue weighted by Crippen LogP contribution is -2.42. The number of amides is 2. The van der Waals surface area contributed by atoms with Crippen molar-refractivity contribution >= 4 is 17.5 Å². The topological polar surface area (TPSA) is 52.7 Å². The maximum absolute atomic E-state index is 14.3. The molecular weight excluding hydrogens is 400 g/mol. The Hall–Kier alpha value is -3.06. The number of nitrogens with one attached hydrogen (secondary N) is 1. The van der Waals surface area contributed by atoms with Gasteiger partial charge in [0.25, 0.3) is 0 Å². The number of rotatable bonds is 7. The minimum Gasteiger partial charge on any atom is -0.329 e. The van der Waals surface area contributed by atoms with Gasteiger partial charge in [0.15, 0.2) is 0 Å². The van der Waals surface area contributed by atoms with Gasteiger partial charge in [0.1, 0.15) is 18.2 Å². The SMILES string of the molecule is C=CCN1C(=O)CN(C(=O)CC(Cc2cc(F)c(C)cc2F)NC)Cc2ccccc21. The van der Waals surface area contributed by atoms with E-state index in [4.69, 9.17) is 0 Å². The molecule has 0 saturated heterocycles. The molecule has 31 heavy (non-hydrogen) atoms. The molecular formula is C24H27F2N3O2. The van der Waals surface area contributed by atoms with E-state index >= 15 is 0 Å². The first-order valence-corrected chi connectivity index (χ1v) is 10.2. The number of likely N-dealkylation sites (N-methyl/N-ethyl adjacent to an activating group) is 1. The predicted molar refractivity (Wildman–Crippen MR) is 117 cm³/mol. The second-order valence-corrected chi connectivity index (χ2v) is 7.76. The van der Waals surface area contributed by atoms with Crippen molar-refractivity contribution in [1.29, 1.82) is 0 Å². The van der Waals surface area contributed by atoms with E-state index in [2.05, 4.69) is 11.9 Å². The standard InChI is InChI=1S/C24H27F2N3O2/c1-4-9-29-22-8-6-5-7-17(22)14-28(15-24(29)31)23(30)13-19(27-3)11-18-12-20(25)16(2)10-21(18)26/h4-8,10,12,19,27H,1,9,11,13-15H2,2-3H3. The quantitative estimate of drug-likeness (QED) is 0.690. The first kappa shape index (κ1) is 22.6. The van der Waals surface area contributed by atoms with Crippen molar-refractivity contribution in [1.82, 2.24) is 10.2 Å². The number of carbonyl (C=O) groups excluding carboxylic acids is 2. The summed E-state index contributed by atoms with van der Waals surface area (Å²) in [6.07, 6.45) is 1.87. The van der Waals surface area contributed by atoms with Crippen molar-refractivity contribution in [3.05, 3.63) is 77.4 Å². The van der Waals surface area contributed by atoms with Gasteiger partial charge in [-0.2, -0.15) is 0 Å². The van der Waals surface area contributed by atoms with Gasteiger partial charge in [-0.05, 0) is 55.3 Å². The number of benzene rings is 2. The van der Waals surface area contributed by atoms with E-state index in [1.54, 1.807) is 18.0 Å². The molecule has 0 saturated carbocycles. The highest BCUT2D eigenvalue weighted by molar-refractivity contribution is 5.98. The van der Waals surface area contributed by atoms with E-state index in [1.165, 1.54) is 17.9 Å². The molecule has 164 valence electrons. The molecule has 2 amide bonds. The Morgan fingerprint density at radius 1 is 1.23 bits per heavy atom. The van der Waals surface area contributed by atoms with Crippen LogP contribution in [-0.4, -0.2) is 42.9 Å². The summed E-state index contributed by atoms with van der Waals surface area (Å²) >= 11 is 0. The molecule has 0 fully saturated rings. The zero-order valence-electron chi connectivity index (χ0n) is 17.8. The molecule has 0 bridgehead atoms. The minimum absolute atomic E-state index is 0.0503. The Morgan fingerprint density at radius 3 is 2.68 bits per heavy atom. The highest BCUT2D eigenvalue weighted by atomic mass is 19.1. The molecule has 5 nitrogen and oxygen atoms in total. The maximum atomic E-state index is 14.3. The van der Waals surface area contributed by atoms with Gasteiger partial charge in [-0.25, -0.2) is 8.78 Å². The van der Waals surface area contributed by atoms with Gasteiger partial charge in [-0.1, -0.05) is 24.3 Å². The Morgan fingerprint density at radius 2 is 1.97 bits per heavy atom. The van der Waals surface area contributed by atoms with Crippen LogP contribution in [0.4, 0.5) is 14.5 Å². The summed E-state index contributed by atoms with van der Waals surface area (Å²) in [5, 5.41) is 3.01. The lowest BCUT2D eigenvalue weighted by atomic mass is 10.0. The number of nitrogens with zero attached hydrogens (tertiary/aromatic N) is 2. The van der Waals surface area contributed by atoms with Crippen molar-refractivity contribution in [2.24, 2.45) is 0 Å². The van der Waals surface area contributed by atoms with Crippen molar-refractivity contribution in [2.45, 2.75) is 32.4 Å². The van der Waals surface area contributed by atoms with Crippen LogP contribution in [0.15, 0.2) is 49.1 Å². The molecule has 1 unspecified atom stereocenters. The largest absolute Gasteiger partial charge is 0.329 e. The summed E-state index contributed by atoms with van der Waals surface area (Å²) in [6.45, 7) is 5.83. The molecule has 0 aromatic heterocycles. The number of hydrogen-bond donors (Lipinski definition) is 1. The third-order valence-electron chi connectivity index (χ3n) is 5.56. The third-order valence-corrected chi connectivity index (χ3v) is 5.56. The Labute approximate surface area is 181 Å². The van der Waals surface area contributed by atoms with E-state index in [1.807, 2.05) is 24.3 Å². The fraction of sp³-hybridized carbons (Fsp3) is 0.333. The normalized spacial score (nSPS) is 14.8. The van der Waals surface area contributed by atoms with Crippen LogP contribution in [0.5, 0.6) is 0 Å². The summed E-state index contributed by atoms with van der Waals surface area (Å²) in [4.78, 5) is 29.0. The number of halogens is 2. The van der Waals surface area contributed by atoms with E-state index in [-0.39, 0.29) is 42.3 Å². The number of aryl methyl sites for hydroxylation is 1. The summed E-state index contributed by atoms with van der Waals surface area (Å²) in [5.74, 6) is -1.39. The van der Waals surface area contributed by atoms with Gasteiger partial charge in [0.2, 0.25) is 11.8 Å². The predicted octanol–water partition coefficient (Wildman–Crippen LogP) is 3.36. The Bertz CT molecular complexity index is 993. The van der Waals surface area contributed by atoms with E-state index in [0.717, 1.165) is 17.3 Å². The lowest BCUT2D eigenvalue weighted by molar-refractivity contribution is -0.136. The van der Waals surface area contributed by atoms with Crippen molar-refractivity contribution in [2.75, 3.05) is 25.0 Å². The zero-order chi connectivity index (χ0) is 22.5. The molecule has 1 N–H and O–H groups in total. The van der Waals surface area contributed by atoms with Crippen LogP contribution in [0.25, 0.3) is 0 Å². The molecule has 2 aromatic rings. The van der Waals surface area contributed by atoms with Crippen LogP contribution in [-0.2, 0) is 22.6 Å². The van der Waals surface area contributed by atoms with Crippen molar-refractivity contribution in [3.63, 3.8) is 0 Å². The van der Waals surface area contributed by atoms with Crippen LogP contribution < -0.4 is 10.2 Å². The highest BCUT2D eigenvalue weighted by Gasteiger charge is 2.29. The first-order valence-electron chi connectivity index (χ1n) is 10.2. The number of anilines is 1.